The van der Waals surface area contributed by atoms with Gasteiger partial charge in [-0.25, -0.2) is 4.98 Å². The lowest BCUT2D eigenvalue weighted by atomic mass is 10.0. The number of anilines is 1. The number of fused-ring (bicyclic) bond motifs is 1. The van der Waals surface area contributed by atoms with Gasteiger partial charge >= 0.3 is 0 Å². The van der Waals surface area contributed by atoms with Crippen molar-refractivity contribution in [3.63, 3.8) is 0 Å². The monoisotopic (exact) mass is 427 g/mol. The van der Waals surface area contributed by atoms with E-state index in [-0.39, 0.29) is 11.8 Å². The molecule has 2 aromatic carbocycles. The molecule has 7 heteroatoms. The Morgan fingerprint density at radius 3 is 2.58 bits per heavy atom. The van der Waals surface area contributed by atoms with Crippen LogP contribution in [0.4, 0.5) is 5.13 Å². The van der Waals surface area contributed by atoms with Crippen molar-refractivity contribution in [2.24, 2.45) is 0 Å². The van der Waals surface area contributed by atoms with Gasteiger partial charge in [0.25, 0.3) is 11.8 Å². The summed E-state index contributed by atoms with van der Waals surface area (Å²) in [5, 5.41) is 5.12. The minimum Gasteiger partial charge on any atom is -0.318 e. The predicted molar refractivity (Wildman–Crippen MR) is 104 cm³/mol. The molecule has 0 saturated carbocycles. The molecular weight excluding hydrogens is 414 g/mol. The highest BCUT2D eigenvalue weighted by Crippen LogP contribution is 2.32. The highest BCUT2D eigenvalue weighted by atomic mass is 79.9. The van der Waals surface area contributed by atoms with Crippen LogP contribution in [0, 0.1) is 0 Å². The van der Waals surface area contributed by atoms with Gasteiger partial charge in [0.15, 0.2) is 5.13 Å². The van der Waals surface area contributed by atoms with E-state index in [2.05, 4.69) is 26.2 Å². The molecule has 26 heavy (non-hydrogen) atoms. The Bertz CT molecular complexity index is 974. The SMILES string of the molecule is O=C(Nc1nc(Br)cs1)[C@@H](c1ccccc1)N1Cc2ccccc2C1=O. The molecule has 2 heterocycles. The molecule has 0 fully saturated rings. The van der Waals surface area contributed by atoms with Gasteiger partial charge in [-0.05, 0) is 33.1 Å². The molecule has 0 spiro atoms. The molecule has 0 aliphatic carbocycles. The van der Waals surface area contributed by atoms with Gasteiger partial charge in [-0.2, -0.15) is 0 Å². The van der Waals surface area contributed by atoms with Crippen LogP contribution in [0.3, 0.4) is 0 Å². The number of rotatable bonds is 4. The van der Waals surface area contributed by atoms with Gasteiger partial charge in [0.1, 0.15) is 10.6 Å². The molecule has 1 aliphatic heterocycles. The van der Waals surface area contributed by atoms with Gasteiger partial charge in [0, 0.05) is 17.5 Å². The fourth-order valence-electron chi connectivity index (χ4n) is 3.08. The van der Waals surface area contributed by atoms with E-state index < -0.39 is 6.04 Å². The summed E-state index contributed by atoms with van der Waals surface area (Å²) in [6.45, 7) is 0.406. The number of carbonyl (C=O) groups excluding carboxylic acids is 2. The smallest absolute Gasteiger partial charge is 0.255 e. The Labute approximate surface area is 162 Å². The average molecular weight is 428 g/mol. The molecule has 1 N–H and O–H groups in total. The van der Waals surface area contributed by atoms with Crippen molar-refractivity contribution in [2.75, 3.05) is 5.32 Å². The summed E-state index contributed by atoms with van der Waals surface area (Å²) in [5.41, 5.74) is 2.35. The van der Waals surface area contributed by atoms with Gasteiger partial charge in [-0.15, -0.1) is 11.3 Å². The zero-order valence-electron chi connectivity index (χ0n) is 13.6. The third kappa shape index (κ3) is 3.15. The summed E-state index contributed by atoms with van der Waals surface area (Å²) in [4.78, 5) is 31.8. The molecule has 1 atom stereocenters. The number of halogens is 1. The highest BCUT2D eigenvalue weighted by molar-refractivity contribution is 9.10. The number of nitrogens with one attached hydrogen (secondary N) is 1. The van der Waals surface area contributed by atoms with Crippen molar-refractivity contribution in [3.8, 4) is 0 Å². The van der Waals surface area contributed by atoms with Crippen LogP contribution < -0.4 is 5.32 Å². The van der Waals surface area contributed by atoms with E-state index in [0.29, 0.717) is 21.8 Å². The Hall–Kier alpha value is -2.51. The van der Waals surface area contributed by atoms with Gasteiger partial charge in [0.2, 0.25) is 0 Å². The Morgan fingerprint density at radius 2 is 1.88 bits per heavy atom. The van der Waals surface area contributed by atoms with E-state index in [9.17, 15) is 9.59 Å². The van der Waals surface area contributed by atoms with Crippen LogP contribution in [0.5, 0.6) is 0 Å². The van der Waals surface area contributed by atoms with E-state index in [1.807, 2.05) is 48.5 Å². The number of thiazole rings is 1. The summed E-state index contributed by atoms with van der Waals surface area (Å²) in [5.74, 6) is -0.413. The number of hydrogen-bond acceptors (Lipinski definition) is 4. The lowest BCUT2D eigenvalue weighted by Crippen LogP contribution is -2.37. The molecule has 0 unspecified atom stereocenters. The van der Waals surface area contributed by atoms with Crippen LogP contribution in [-0.4, -0.2) is 21.7 Å². The maximum absolute atomic E-state index is 13.1. The molecule has 0 saturated heterocycles. The molecular formula is C19H14BrN3O2S. The Balaban J connectivity index is 1.68. The van der Waals surface area contributed by atoms with E-state index in [1.54, 1.807) is 16.3 Å². The summed E-state index contributed by atoms with van der Waals surface area (Å²) in [6.07, 6.45) is 0. The summed E-state index contributed by atoms with van der Waals surface area (Å²) >= 11 is 4.61. The maximum atomic E-state index is 13.1. The third-order valence-electron chi connectivity index (χ3n) is 4.23. The summed E-state index contributed by atoms with van der Waals surface area (Å²) in [7, 11) is 0. The second-order valence-corrected chi connectivity index (χ2v) is 7.54. The molecule has 4 rings (SSSR count). The molecule has 1 aliphatic rings. The van der Waals surface area contributed by atoms with Crippen LogP contribution >= 0.6 is 27.3 Å². The average Bonchev–Trinajstić information content (AvgIpc) is 3.20. The second kappa shape index (κ2) is 7.01. The summed E-state index contributed by atoms with van der Waals surface area (Å²) in [6, 6.07) is 16.1. The van der Waals surface area contributed by atoms with Gasteiger partial charge in [-0.1, -0.05) is 48.5 Å². The first kappa shape index (κ1) is 16.9. The van der Waals surface area contributed by atoms with Crippen LogP contribution in [0.2, 0.25) is 0 Å². The van der Waals surface area contributed by atoms with Gasteiger partial charge in [0.05, 0.1) is 0 Å². The number of aromatic nitrogens is 1. The Kier molecular flexibility index (Phi) is 4.57. The number of hydrogen-bond donors (Lipinski definition) is 1. The van der Waals surface area contributed by atoms with E-state index in [4.69, 9.17) is 0 Å². The van der Waals surface area contributed by atoms with E-state index >= 15 is 0 Å². The largest absolute Gasteiger partial charge is 0.318 e. The molecule has 0 radical (unpaired) electrons. The molecule has 1 aromatic heterocycles. The fraction of sp³-hybridized carbons (Fsp3) is 0.105. The van der Waals surface area contributed by atoms with Crippen molar-refractivity contribution in [2.45, 2.75) is 12.6 Å². The molecule has 5 nitrogen and oxygen atoms in total. The fourth-order valence-corrected chi connectivity index (χ4v) is 4.23. The van der Waals surface area contributed by atoms with Crippen LogP contribution in [-0.2, 0) is 11.3 Å². The number of nitrogens with zero attached hydrogens (tertiary/aromatic N) is 2. The van der Waals surface area contributed by atoms with Crippen LogP contribution in [0.1, 0.15) is 27.5 Å². The normalized spacial score (nSPS) is 14.2. The van der Waals surface area contributed by atoms with Gasteiger partial charge in [-0.3, -0.25) is 14.9 Å². The van der Waals surface area contributed by atoms with Crippen molar-refractivity contribution >= 4 is 44.2 Å². The zero-order chi connectivity index (χ0) is 18.1. The second-order valence-electron chi connectivity index (χ2n) is 5.87. The first-order valence-corrected chi connectivity index (χ1v) is 9.66. The zero-order valence-corrected chi connectivity index (χ0v) is 16.0. The highest BCUT2D eigenvalue weighted by Gasteiger charge is 2.37. The Morgan fingerprint density at radius 1 is 1.15 bits per heavy atom. The number of benzene rings is 2. The number of amides is 2. The van der Waals surface area contributed by atoms with Crippen molar-refractivity contribution in [1.29, 1.82) is 0 Å². The molecule has 0 bridgehead atoms. The number of carbonyl (C=O) groups is 2. The lowest BCUT2D eigenvalue weighted by Gasteiger charge is -2.27. The lowest BCUT2D eigenvalue weighted by molar-refractivity contribution is -0.120. The minimum atomic E-state index is -0.723. The quantitative estimate of drug-likeness (QED) is 0.676. The van der Waals surface area contributed by atoms with Gasteiger partial charge < -0.3 is 4.90 Å². The third-order valence-corrected chi connectivity index (χ3v) is 5.70. The molecule has 2 amide bonds. The van der Waals surface area contributed by atoms with E-state index in [1.165, 1.54) is 11.3 Å². The first-order valence-electron chi connectivity index (χ1n) is 7.99. The van der Waals surface area contributed by atoms with Crippen molar-refractivity contribution in [1.82, 2.24) is 9.88 Å². The molecule has 3 aromatic rings. The standard InChI is InChI=1S/C19H14BrN3O2S/c20-15-11-26-19(21-15)22-17(24)16(12-6-2-1-3-7-12)23-10-13-8-4-5-9-14(13)18(23)25/h1-9,11,16H,10H2,(H,21,22,24)/t16-/m1/s1. The minimum absolute atomic E-state index is 0.134. The predicted octanol–water partition coefficient (Wildman–Crippen LogP) is 4.24. The van der Waals surface area contributed by atoms with Crippen molar-refractivity contribution in [3.05, 3.63) is 81.3 Å². The summed E-state index contributed by atoms with van der Waals surface area (Å²) < 4.78 is 0.665. The first-order chi connectivity index (χ1) is 12.6. The topological polar surface area (TPSA) is 62.3 Å². The molecule has 130 valence electrons. The van der Waals surface area contributed by atoms with Crippen LogP contribution in [0.15, 0.2) is 64.6 Å². The van der Waals surface area contributed by atoms with Crippen LogP contribution in [0.25, 0.3) is 0 Å². The van der Waals surface area contributed by atoms with Crippen molar-refractivity contribution < 1.29 is 9.59 Å². The van der Waals surface area contributed by atoms with E-state index in [0.717, 1.165) is 11.1 Å². The maximum Gasteiger partial charge on any atom is 0.255 e.